The van der Waals surface area contributed by atoms with Crippen molar-refractivity contribution < 1.29 is 13.6 Å². The first kappa shape index (κ1) is 14.3. The van der Waals surface area contributed by atoms with Crippen molar-refractivity contribution in [2.45, 2.75) is 82.7 Å². The largest absolute Gasteiger partial charge is 0.331 e. The van der Waals surface area contributed by atoms with E-state index in [9.17, 15) is 13.6 Å². The molecule has 114 valence electrons. The summed E-state index contributed by atoms with van der Waals surface area (Å²) >= 11 is 0. The lowest BCUT2D eigenvalue weighted by atomic mass is 9.88. The number of fused-ring (bicyclic) bond motifs is 2. The lowest BCUT2D eigenvalue weighted by Gasteiger charge is -2.43. The molecule has 0 aromatic heterocycles. The van der Waals surface area contributed by atoms with E-state index in [2.05, 4.69) is 0 Å². The Morgan fingerprint density at radius 3 is 2.25 bits per heavy atom. The Hall–Kier alpha value is -0.670. The topological polar surface area (TPSA) is 20.3 Å². The molecule has 3 fully saturated rings. The molecule has 4 heteroatoms. The number of rotatable bonds is 3. The highest BCUT2D eigenvalue weighted by Crippen LogP contribution is 2.48. The van der Waals surface area contributed by atoms with Crippen LogP contribution in [-0.2, 0) is 4.79 Å². The SMILES string of the molecule is CC(F)(F)C(=O)N(C1CCCCC1)C1CC2CCC1C2. The average Bonchev–Trinajstić information content (AvgIpc) is 3.02. The molecule has 0 aromatic rings. The predicted molar refractivity (Wildman–Crippen MR) is 73.6 cm³/mol. The molecule has 0 radical (unpaired) electrons. The average molecular weight is 285 g/mol. The quantitative estimate of drug-likeness (QED) is 0.767. The first-order valence-electron chi connectivity index (χ1n) is 8.17. The van der Waals surface area contributed by atoms with Crippen LogP contribution < -0.4 is 0 Å². The fourth-order valence-corrected chi connectivity index (χ4v) is 4.72. The minimum Gasteiger partial charge on any atom is -0.331 e. The van der Waals surface area contributed by atoms with Crippen LogP contribution in [0.3, 0.4) is 0 Å². The van der Waals surface area contributed by atoms with Crippen LogP contribution in [0.4, 0.5) is 8.78 Å². The number of halogens is 2. The molecule has 0 N–H and O–H groups in total. The van der Waals surface area contributed by atoms with Gasteiger partial charge in [0, 0.05) is 19.0 Å². The summed E-state index contributed by atoms with van der Waals surface area (Å²) in [4.78, 5) is 13.9. The van der Waals surface area contributed by atoms with E-state index < -0.39 is 11.8 Å². The minimum absolute atomic E-state index is 0.0615. The fraction of sp³-hybridized carbons (Fsp3) is 0.938. The van der Waals surface area contributed by atoms with Gasteiger partial charge in [0.2, 0.25) is 0 Å². The second-order valence-electron chi connectivity index (χ2n) is 7.13. The molecule has 3 rings (SSSR count). The molecule has 3 unspecified atom stereocenters. The minimum atomic E-state index is -3.22. The molecular weight excluding hydrogens is 260 g/mol. The lowest BCUT2D eigenvalue weighted by molar-refractivity contribution is -0.162. The van der Waals surface area contributed by atoms with Gasteiger partial charge in [0.15, 0.2) is 0 Å². The van der Waals surface area contributed by atoms with Crippen molar-refractivity contribution in [1.82, 2.24) is 4.90 Å². The molecule has 0 aliphatic heterocycles. The fourth-order valence-electron chi connectivity index (χ4n) is 4.72. The Morgan fingerprint density at radius 1 is 1.05 bits per heavy atom. The van der Waals surface area contributed by atoms with Crippen molar-refractivity contribution in [3.8, 4) is 0 Å². The molecule has 3 atom stereocenters. The smallest absolute Gasteiger partial charge is 0.322 e. The highest BCUT2D eigenvalue weighted by atomic mass is 19.3. The summed E-state index contributed by atoms with van der Waals surface area (Å²) in [5.41, 5.74) is 0. The van der Waals surface area contributed by atoms with Gasteiger partial charge in [-0.1, -0.05) is 25.7 Å². The van der Waals surface area contributed by atoms with Gasteiger partial charge in [-0.15, -0.1) is 0 Å². The van der Waals surface area contributed by atoms with Crippen LogP contribution in [0.2, 0.25) is 0 Å². The molecule has 2 nitrogen and oxygen atoms in total. The summed E-state index contributed by atoms with van der Waals surface area (Å²) in [6, 6.07) is 0.154. The molecule has 0 saturated heterocycles. The van der Waals surface area contributed by atoms with Crippen molar-refractivity contribution >= 4 is 5.91 Å². The van der Waals surface area contributed by atoms with Crippen molar-refractivity contribution in [1.29, 1.82) is 0 Å². The van der Waals surface area contributed by atoms with E-state index in [1.54, 1.807) is 4.90 Å². The van der Waals surface area contributed by atoms with E-state index in [4.69, 9.17) is 0 Å². The van der Waals surface area contributed by atoms with Crippen LogP contribution in [-0.4, -0.2) is 28.8 Å². The Labute approximate surface area is 119 Å². The van der Waals surface area contributed by atoms with Gasteiger partial charge >= 0.3 is 5.92 Å². The number of carbonyl (C=O) groups excluding carboxylic acids is 1. The lowest BCUT2D eigenvalue weighted by Crippen LogP contribution is -2.54. The molecule has 3 aliphatic carbocycles. The molecule has 0 aromatic carbocycles. The Kier molecular flexibility index (Phi) is 3.76. The molecule has 3 aliphatic rings. The molecular formula is C16H25F2NO. The van der Waals surface area contributed by atoms with Gasteiger partial charge in [-0.05, 0) is 43.9 Å². The van der Waals surface area contributed by atoms with Crippen molar-refractivity contribution in [2.24, 2.45) is 11.8 Å². The third-order valence-electron chi connectivity index (χ3n) is 5.64. The third kappa shape index (κ3) is 2.58. The summed E-state index contributed by atoms with van der Waals surface area (Å²) in [7, 11) is 0. The van der Waals surface area contributed by atoms with Gasteiger partial charge in [-0.25, -0.2) is 0 Å². The molecule has 3 saturated carbocycles. The van der Waals surface area contributed by atoms with Gasteiger partial charge in [-0.3, -0.25) is 4.79 Å². The van der Waals surface area contributed by atoms with Gasteiger partial charge in [0.1, 0.15) is 0 Å². The van der Waals surface area contributed by atoms with Gasteiger partial charge in [0.25, 0.3) is 5.91 Å². The zero-order chi connectivity index (χ0) is 14.3. The number of carbonyl (C=O) groups is 1. The number of nitrogens with zero attached hydrogens (tertiary/aromatic N) is 1. The number of hydrogen-bond donors (Lipinski definition) is 0. The number of alkyl halides is 2. The number of amides is 1. The zero-order valence-electron chi connectivity index (χ0n) is 12.3. The van der Waals surface area contributed by atoms with Gasteiger partial charge in [0.05, 0.1) is 0 Å². The highest BCUT2D eigenvalue weighted by molar-refractivity contribution is 5.83. The summed E-state index contributed by atoms with van der Waals surface area (Å²) in [5.74, 6) is -2.98. The molecule has 0 spiro atoms. The zero-order valence-corrected chi connectivity index (χ0v) is 12.3. The van der Waals surface area contributed by atoms with E-state index in [0.717, 1.165) is 51.9 Å². The van der Waals surface area contributed by atoms with Crippen LogP contribution in [0.25, 0.3) is 0 Å². The Bertz CT molecular complexity index is 373. The Morgan fingerprint density at radius 2 is 1.75 bits per heavy atom. The molecule has 20 heavy (non-hydrogen) atoms. The van der Waals surface area contributed by atoms with E-state index in [1.807, 2.05) is 0 Å². The van der Waals surface area contributed by atoms with E-state index >= 15 is 0 Å². The molecule has 2 bridgehead atoms. The van der Waals surface area contributed by atoms with Gasteiger partial charge in [-0.2, -0.15) is 8.78 Å². The molecule has 0 heterocycles. The second-order valence-corrected chi connectivity index (χ2v) is 7.13. The van der Waals surface area contributed by atoms with E-state index in [0.29, 0.717) is 11.8 Å². The maximum Gasteiger partial charge on any atom is 0.322 e. The standard InChI is InChI=1S/C16H25F2NO/c1-16(17,18)15(20)19(13-5-3-2-4-6-13)14-10-11-7-8-12(14)9-11/h11-14H,2-10H2,1H3. The van der Waals surface area contributed by atoms with Crippen LogP contribution >= 0.6 is 0 Å². The van der Waals surface area contributed by atoms with Crippen LogP contribution in [0, 0.1) is 11.8 Å². The van der Waals surface area contributed by atoms with Crippen LogP contribution in [0.1, 0.15) is 64.7 Å². The van der Waals surface area contributed by atoms with Gasteiger partial charge < -0.3 is 4.90 Å². The Balaban J connectivity index is 1.81. The summed E-state index contributed by atoms with van der Waals surface area (Å²) in [6.07, 6.45) is 9.62. The van der Waals surface area contributed by atoms with E-state index in [1.165, 1.54) is 12.8 Å². The highest BCUT2D eigenvalue weighted by Gasteiger charge is 2.49. The van der Waals surface area contributed by atoms with Crippen molar-refractivity contribution in [3.05, 3.63) is 0 Å². The predicted octanol–water partition coefficient (Wildman–Crippen LogP) is 3.99. The number of hydrogen-bond acceptors (Lipinski definition) is 1. The van der Waals surface area contributed by atoms with Crippen molar-refractivity contribution in [2.75, 3.05) is 0 Å². The first-order chi connectivity index (χ1) is 9.47. The van der Waals surface area contributed by atoms with Crippen molar-refractivity contribution in [3.63, 3.8) is 0 Å². The normalized spacial score (nSPS) is 34.5. The monoisotopic (exact) mass is 285 g/mol. The first-order valence-corrected chi connectivity index (χ1v) is 8.17. The molecule has 1 amide bonds. The summed E-state index contributed by atoms with van der Waals surface area (Å²) in [6.45, 7) is 0.762. The maximum absolute atomic E-state index is 13.6. The maximum atomic E-state index is 13.6. The second kappa shape index (κ2) is 5.27. The summed E-state index contributed by atoms with van der Waals surface area (Å²) < 4.78 is 27.3. The van der Waals surface area contributed by atoms with E-state index in [-0.39, 0.29) is 12.1 Å². The van der Waals surface area contributed by atoms with Crippen LogP contribution in [0.15, 0.2) is 0 Å². The third-order valence-corrected chi connectivity index (χ3v) is 5.64. The summed E-state index contributed by atoms with van der Waals surface area (Å²) in [5, 5.41) is 0. The van der Waals surface area contributed by atoms with Crippen LogP contribution in [0.5, 0.6) is 0 Å².